The van der Waals surface area contributed by atoms with Gasteiger partial charge in [-0.05, 0) is 18.6 Å². The first-order chi connectivity index (χ1) is 8.29. The predicted octanol–water partition coefficient (Wildman–Crippen LogP) is 2.83. The minimum Gasteiger partial charge on any atom is -0.374 e. The maximum atomic E-state index is 11.6. The minimum absolute atomic E-state index is 0.0949. The van der Waals surface area contributed by atoms with Gasteiger partial charge in [0.05, 0.1) is 16.6 Å². The van der Waals surface area contributed by atoms with Crippen LogP contribution in [0.25, 0.3) is 10.2 Å². The molecule has 0 aliphatic carbocycles. The van der Waals surface area contributed by atoms with Crippen LogP contribution in [0.5, 0.6) is 0 Å². The topological polar surface area (TPSA) is 39.2 Å². The lowest BCUT2D eigenvalue weighted by Gasteiger charge is -1.99. The van der Waals surface area contributed by atoms with E-state index >= 15 is 0 Å². The number of aromatic nitrogens is 1. The van der Waals surface area contributed by atoms with Crippen molar-refractivity contribution in [3.63, 3.8) is 0 Å². The molecule has 1 heterocycles. The number of fused-ring (bicyclic) bond motifs is 1. The third-order valence-corrected chi connectivity index (χ3v) is 3.33. The van der Waals surface area contributed by atoms with Gasteiger partial charge in [-0.15, -0.1) is 11.3 Å². The first-order valence-corrected chi connectivity index (χ1v) is 6.55. The number of benzene rings is 1. The molecule has 0 aliphatic heterocycles. The summed E-state index contributed by atoms with van der Waals surface area (Å²) in [6.45, 7) is 2.87. The number of carbonyl (C=O) groups is 1. The van der Waals surface area contributed by atoms with E-state index in [4.69, 9.17) is 4.74 Å². The monoisotopic (exact) mass is 249 g/mol. The predicted molar refractivity (Wildman–Crippen MR) is 69.4 cm³/mol. The van der Waals surface area contributed by atoms with Gasteiger partial charge in [0, 0.05) is 6.61 Å². The molecule has 0 spiro atoms. The van der Waals surface area contributed by atoms with Crippen molar-refractivity contribution in [2.24, 2.45) is 0 Å². The summed E-state index contributed by atoms with van der Waals surface area (Å²) in [5, 5.41) is 0.872. The summed E-state index contributed by atoms with van der Waals surface area (Å²) in [4.78, 5) is 16.0. The Hall–Kier alpha value is -1.26. The Kier molecular flexibility index (Phi) is 4.23. The number of carbonyl (C=O) groups excluding carboxylic acids is 1. The van der Waals surface area contributed by atoms with Crippen LogP contribution in [0.4, 0.5) is 0 Å². The quantitative estimate of drug-likeness (QED) is 0.739. The van der Waals surface area contributed by atoms with Crippen LogP contribution in [0, 0.1) is 0 Å². The Bertz CT molecular complexity index is 474. The van der Waals surface area contributed by atoms with Gasteiger partial charge < -0.3 is 4.74 Å². The van der Waals surface area contributed by atoms with Crippen molar-refractivity contribution in [2.45, 2.75) is 19.8 Å². The number of hydrogen-bond donors (Lipinski definition) is 0. The first-order valence-electron chi connectivity index (χ1n) is 5.73. The fraction of sp³-hybridized carbons (Fsp3) is 0.385. The number of ether oxygens (including phenoxy) is 1. The highest BCUT2D eigenvalue weighted by Gasteiger charge is 2.08. The third-order valence-electron chi connectivity index (χ3n) is 2.30. The SMILES string of the molecule is CCCOCC(=O)Cc1nc2ccccc2s1. The highest BCUT2D eigenvalue weighted by molar-refractivity contribution is 7.18. The summed E-state index contributed by atoms with van der Waals surface area (Å²) in [5.74, 6) is 0.0949. The van der Waals surface area contributed by atoms with Gasteiger partial charge in [-0.2, -0.15) is 0 Å². The van der Waals surface area contributed by atoms with Crippen LogP contribution in [-0.2, 0) is 16.0 Å². The van der Waals surface area contributed by atoms with Crippen LogP contribution < -0.4 is 0 Å². The fourth-order valence-corrected chi connectivity index (χ4v) is 2.54. The van der Waals surface area contributed by atoms with E-state index in [1.54, 1.807) is 11.3 Å². The van der Waals surface area contributed by atoms with E-state index in [0.717, 1.165) is 21.6 Å². The molecule has 1 aromatic heterocycles. The van der Waals surface area contributed by atoms with Gasteiger partial charge >= 0.3 is 0 Å². The van der Waals surface area contributed by atoms with E-state index in [9.17, 15) is 4.79 Å². The summed E-state index contributed by atoms with van der Waals surface area (Å²) in [5.41, 5.74) is 0.967. The van der Waals surface area contributed by atoms with E-state index in [1.165, 1.54) is 0 Å². The number of ketones is 1. The van der Waals surface area contributed by atoms with Crippen LogP contribution in [0.1, 0.15) is 18.4 Å². The average Bonchev–Trinajstić information content (AvgIpc) is 2.71. The molecule has 0 radical (unpaired) electrons. The van der Waals surface area contributed by atoms with E-state index in [0.29, 0.717) is 13.0 Å². The zero-order valence-corrected chi connectivity index (χ0v) is 10.6. The molecule has 90 valence electrons. The summed E-state index contributed by atoms with van der Waals surface area (Å²) in [6, 6.07) is 7.93. The van der Waals surface area contributed by atoms with Gasteiger partial charge in [0.2, 0.25) is 0 Å². The second-order valence-corrected chi connectivity index (χ2v) is 4.96. The van der Waals surface area contributed by atoms with Crippen molar-refractivity contribution in [1.29, 1.82) is 0 Å². The molecule has 0 unspecified atom stereocenters. The number of nitrogens with zero attached hydrogens (tertiary/aromatic N) is 1. The lowest BCUT2D eigenvalue weighted by Crippen LogP contribution is -2.11. The largest absolute Gasteiger partial charge is 0.374 e. The van der Waals surface area contributed by atoms with Gasteiger partial charge in [0.15, 0.2) is 5.78 Å². The number of Topliss-reactive ketones (excluding diaryl/α,β-unsaturated/α-hetero) is 1. The highest BCUT2D eigenvalue weighted by Crippen LogP contribution is 2.21. The molecule has 0 amide bonds. The van der Waals surface area contributed by atoms with Crippen molar-refractivity contribution >= 4 is 27.3 Å². The summed E-state index contributed by atoms with van der Waals surface area (Å²) >= 11 is 1.58. The average molecular weight is 249 g/mol. The molecule has 0 saturated heterocycles. The molecule has 0 N–H and O–H groups in total. The van der Waals surface area contributed by atoms with Gasteiger partial charge in [-0.1, -0.05) is 19.1 Å². The zero-order chi connectivity index (χ0) is 12.1. The molecular formula is C13H15NO2S. The molecule has 1 aromatic carbocycles. The highest BCUT2D eigenvalue weighted by atomic mass is 32.1. The smallest absolute Gasteiger partial charge is 0.165 e. The molecular weight excluding hydrogens is 234 g/mol. The third kappa shape index (κ3) is 3.35. The molecule has 2 aromatic rings. The van der Waals surface area contributed by atoms with Gasteiger partial charge in [-0.25, -0.2) is 4.98 Å². The lowest BCUT2D eigenvalue weighted by atomic mass is 10.3. The number of thiazole rings is 1. The molecule has 0 fully saturated rings. The van der Waals surface area contributed by atoms with Crippen LogP contribution in [-0.4, -0.2) is 24.0 Å². The Morgan fingerprint density at radius 2 is 2.24 bits per heavy atom. The lowest BCUT2D eigenvalue weighted by molar-refractivity contribution is -0.122. The van der Waals surface area contributed by atoms with Crippen molar-refractivity contribution in [3.8, 4) is 0 Å². The molecule has 4 heteroatoms. The summed E-state index contributed by atoms with van der Waals surface area (Å²) < 4.78 is 6.35. The molecule has 0 saturated carbocycles. The van der Waals surface area contributed by atoms with Crippen LogP contribution >= 0.6 is 11.3 Å². The van der Waals surface area contributed by atoms with Crippen molar-refractivity contribution in [2.75, 3.05) is 13.2 Å². The second-order valence-electron chi connectivity index (χ2n) is 3.84. The Labute approximate surface area is 104 Å². The second kappa shape index (κ2) is 5.89. The molecule has 2 rings (SSSR count). The standard InChI is InChI=1S/C13H15NO2S/c1-2-7-16-9-10(15)8-13-14-11-5-3-4-6-12(11)17-13/h3-6H,2,7-9H2,1H3. The van der Waals surface area contributed by atoms with Crippen LogP contribution in [0.3, 0.4) is 0 Å². The van der Waals surface area contributed by atoms with E-state index in [-0.39, 0.29) is 12.4 Å². The molecule has 3 nitrogen and oxygen atoms in total. The maximum Gasteiger partial charge on any atom is 0.165 e. The van der Waals surface area contributed by atoms with E-state index < -0.39 is 0 Å². The molecule has 17 heavy (non-hydrogen) atoms. The first kappa shape index (κ1) is 12.2. The van der Waals surface area contributed by atoms with Crippen LogP contribution in [0.15, 0.2) is 24.3 Å². The summed E-state index contributed by atoms with van der Waals surface area (Å²) in [7, 11) is 0. The molecule has 0 bridgehead atoms. The van der Waals surface area contributed by atoms with Crippen molar-refractivity contribution < 1.29 is 9.53 Å². The van der Waals surface area contributed by atoms with Gasteiger partial charge in [-0.3, -0.25) is 4.79 Å². The zero-order valence-electron chi connectivity index (χ0n) is 9.81. The minimum atomic E-state index is 0.0949. The van der Waals surface area contributed by atoms with Gasteiger partial charge in [0.25, 0.3) is 0 Å². The molecule has 0 aliphatic rings. The fourth-order valence-electron chi connectivity index (χ4n) is 1.55. The molecule has 0 atom stereocenters. The van der Waals surface area contributed by atoms with Crippen molar-refractivity contribution in [3.05, 3.63) is 29.3 Å². The van der Waals surface area contributed by atoms with E-state index in [1.807, 2.05) is 31.2 Å². The maximum absolute atomic E-state index is 11.6. The number of rotatable bonds is 6. The van der Waals surface area contributed by atoms with Crippen molar-refractivity contribution in [1.82, 2.24) is 4.98 Å². The van der Waals surface area contributed by atoms with E-state index in [2.05, 4.69) is 4.98 Å². The van der Waals surface area contributed by atoms with Crippen LogP contribution in [0.2, 0.25) is 0 Å². The summed E-state index contributed by atoms with van der Waals surface area (Å²) in [6.07, 6.45) is 1.32. The number of para-hydroxylation sites is 1. The Morgan fingerprint density at radius 3 is 3.00 bits per heavy atom. The normalized spacial score (nSPS) is 10.9. The Balaban J connectivity index is 1.96. The number of hydrogen-bond acceptors (Lipinski definition) is 4. The van der Waals surface area contributed by atoms with Gasteiger partial charge in [0.1, 0.15) is 11.6 Å². The Morgan fingerprint density at radius 1 is 1.41 bits per heavy atom.